The summed E-state index contributed by atoms with van der Waals surface area (Å²) in [5.74, 6) is 0. The Labute approximate surface area is 72.2 Å². The first kappa shape index (κ1) is 6.79. The van der Waals surface area contributed by atoms with Crippen molar-refractivity contribution < 1.29 is 0 Å². The van der Waals surface area contributed by atoms with Crippen LogP contribution >= 0.6 is 15.9 Å². The normalized spacial score (nSPS) is 10.7. The highest BCUT2D eigenvalue weighted by Gasteiger charge is 2.01. The van der Waals surface area contributed by atoms with Crippen molar-refractivity contribution in [3.8, 4) is 0 Å². The molecule has 4 heteroatoms. The number of halogens is 1. The van der Waals surface area contributed by atoms with E-state index in [1.807, 2.05) is 23.9 Å². The van der Waals surface area contributed by atoms with Crippen molar-refractivity contribution in [2.45, 2.75) is 0 Å². The second kappa shape index (κ2) is 2.30. The van der Waals surface area contributed by atoms with Crippen molar-refractivity contribution in [3.05, 3.63) is 23.2 Å². The smallest absolute Gasteiger partial charge is 0.144 e. The third-order valence-corrected chi connectivity index (χ3v) is 2.25. The van der Waals surface area contributed by atoms with Crippen molar-refractivity contribution >= 4 is 27.0 Å². The summed E-state index contributed by atoms with van der Waals surface area (Å²) >= 11 is 3.35. The molecule has 11 heavy (non-hydrogen) atoms. The van der Waals surface area contributed by atoms with Gasteiger partial charge in [0.1, 0.15) is 16.6 Å². The zero-order chi connectivity index (χ0) is 7.84. The van der Waals surface area contributed by atoms with Crippen molar-refractivity contribution in [2.75, 3.05) is 0 Å². The summed E-state index contributed by atoms with van der Waals surface area (Å²) in [6.07, 6.45) is 3.51. The summed E-state index contributed by atoms with van der Waals surface area (Å²) in [5, 5.41) is 1.05. The molecule has 0 aromatic carbocycles. The molecule has 0 bridgehead atoms. The van der Waals surface area contributed by atoms with E-state index in [0.29, 0.717) is 0 Å². The van der Waals surface area contributed by atoms with Crippen LogP contribution in [0.25, 0.3) is 11.0 Å². The molecule has 0 spiro atoms. The largest absolute Gasteiger partial charge is 0.335 e. The topological polar surface area (TPSA) is 30.7 Å². The van der Waals surface area contributed by atoms with Crippen LogP contribution in [0.2, 0.25) is 0 Å². The van der Waals surface area contributed by atoms with Crippen LogP contribution in [-0.4, -0.2) is 14.5 Å². The number of hydrogen-bond donors (Lipinski definition) is 0. The predicted octanol–water partition coefficient (Wildman–Crippen LogP) is 1.73. The first-order chi connectivity index (χ1) is 5.29. The molecule has 0 atom stereocenters. The van der Waals surface area contributed by atoms with Crippen LogP contribution < -0.4 is 0 Å². The highest BCUT2D eigenvalue weighted by Crippen LogP contribution is 2.19. The number of hydrogen-bond acceptors (Lipinski definition) is 2. The van der Waals surface area contributed by atoms with Gasteiger partial charge in [-0.2, -0.15) is 0 Å². The van der Waals surface area contributed by atoms with Gasteiger partial charge in [-0.3, -0.25) is 0 Å². The molecule has 0 saturated heterocycles. The Bertz CT molecular complexity index is 393. The molecule has 0 fully saturated rings. The summed E-state index contributed by atoms with van der Waals surface area (Å²) in [6, 6.07) is 1.99. The maximum atomic E-state index is 4.12. The Balaban J connectivity index is 2.94. The van der Waals surface area contributed by atoms with Gasteiger partial charge in [-0.25, -0.2) is 9.97 Å². The average Bonchev–Trinajstić information content (AvgIpc) is 2.35. The van der Waals surface area contributed by atoms with Gasteiger partial charge in [0.2, 0.25) is 0 Å². The zero-order valence-electron chi connectivity index (χ0n) is 5.95. The van der Waals surface area contributed by atoms with Crippen LogP contribution in [0.1, 0.15) is 0 Å². The van der Waals surface area contributed by atoms with Crippen molar-refractivity contribution in [2.24, 2.45) is 7.05 Å². The van der Waals surface area contributed by atoms with Crippen LogP contribution in [0.15, 0.2) is 23.2 Å². The van der Waals surface area contributed by atoms with E-state index < -0.39 is 0 Å². The lowest BCUT2D eigenvalue weighted by Gasteiger charge is -1.93. The van der Waals surface area contributed by atoms with Gasteiger partial charge in [0, 0.05) is 13.2 Å². The van der Waals surface area contributed by atoms with E-state index in [1.54, 1.807) is 6.33 Å². The first-order valence-corrected chi connectivity index (χ1v) is 4.00. The lowest BCUT2D eigenvalue weighted by molar-refractivity contribution is 0.942. The molecule has 0 unspecified atom stereocenters. The number of aryl methyl sites for hydroxylation is 1. The second-order valence-electron chi connectivity index (χ2n) is 2.33. The van der Waals surface area contributed by atoms with E-state index in [1.165, 1.54) is 0 Å². The third kappa shape index (κ3) is 0.939. The Hall–Kier alpha value is -0.900. The molecule has 3 nitrogen and oxygen atoms in total. The Kier molecular flexibility index (Phi) is 1.42. The fraction of sp³-hybridized carbons (Fsp3) is 0.143. The number of fused-ring (bicyclic) bond motifs is 1. The van der Waals surface area contributed by atoms with E-state index in [2.05, 4.69) is 25.9 Å². The van der Waals surface area contributed by atoms with Crippen LogP contribution in [0.3, 0.4) is 0 Å². The fourth-order valence-electron chi connectivity index (χ4n) is 1.05. The van der Waals surface area contributed by atoms with Crippen LogP contribution in [0.5, 0.6) is 0 Å². The van der Waals surface area contributed by atoms with Gasteiger partial charge >= 0.3 is 0 Å². The Morgan fingerprint density at radius 3 is 3.00 bits per heavy atom. The van der Waals surface area contributed by atoms with Gasteiger partial charge in [-0.15, -0.1) is 0 Å². The second-order valence-corrected chi connectivity index (χ2v) is 3.08. The van der Waals surface area contributed by atoms with Gasteiger partial charge in [-0.1, -0.05) is 0 Å². The highest BCUT2D eigenvalue weighted by molar-refractivity contribution is 9.10. The zero-order valence-corrected chi connectivity index (χ0v) is 7.54. The maximum Gasteiger partial charge on any atom is 0.144 e. The maximum absolute atomic E-state index is 4.12. The molecule has 0 aliphatic carbocycles. The van der Waals surface area contributed by atoms with Gasteiger partial charge < -0.3 is 4.57 Å². The van der Waals surface area contributed by atoms with Crippen LogP contribution in [0, 0.1) is 0 Å². The number of nitrogens with zero attached hydrogens (tertiary/aromatic N) is 3. The summed E-state index contributed by atoms with van der Waals surface area (Å²) in [6.45, 7) is 0. The van der Waals surface area contributed by atoms with Crippen molar-refractivity contribution in [1.82, 2.24) is 14.5 Å². The van der Waals surface area contributed by atoms with Crippen LogP contribution in [0.4, 0.5) is 0 Å². The summed E-state index contributed by atoms with van der Waals surface area (Å²) < 4.78 is 2.81. The molecule has 0 N–H and O–H groups in total. The molecule has 0 amide bonds. The molecule has 2 rings (SSSR count). The third-order valence-electron chi connectivity index (χ3n) is 1.61. The molecule has 0 saturated carbocycles. The fourth-order valence-corrected chi connectivity index (χ4v) is 1.45. The highest BCUT2D eigenvalue weighted by atomic mass is 79.9. The molecule has 56 valence electrons. The minimum absolute atomic E-state index is 0.850. The molecule has 2 aromatic heterocycles. The van der Waals surface area contributed by atoms with Crippen molar-refractivity contribution in [3.63, 3.8) is 0 Å². The SMILES string of the molecule is Cn1ccc2c(Br)ncnc21. The molecule has 0 aliphatic heterocycles. The predicted molar refractivity (Wildman–Crippen MR) is 46.2 cm³/mol. The number of rotatable bonds is 0. The van der Waals surface area contributed by atoms with E-state index in [0.717, 1.165) is 15.6 Å². The molecule has 2 aromatic rings. The number of aromatic nitrogens is 3. The summed E-state index contributed by atoms with van der Waals surface area (Å²) in [5.41, 5.74) is 0.951. The van der Waals surface area contributed by atoms with Gasteiger partial charge in [0.25, 0.3) is 0 Å². The van der Waals surface area contributed by atoms with E-state index in [4.69, 9.17) is 0 Å². The quantitative estimate of drug-likeness (QED) is 0.622. The standard InChI is InChI=1S/C7H6BrN3/c1-11-3-2-5-6(8)9-4-10-7(5)11/h2-4H,1H3. The van der Waals surface area contributed by atoms with E-state index in [-0.39, 0.29) is 0 Å². The van der Waals surface area contributed by atoms with Crippen molar-refractivity contribution in [1.29, 1.82) is 0 Å². The average molecular weight is 212 g/mol. The van der Waals surface area contributed by atoms with Gasteiger partial charge in [0.15, 0.2) is 0 Å². The molecule has 0 radical (unpaired) electrons. The molecular weight excluding hydrogens is 206 g/mol. The lowest BCUT2D eigenvalue weighted by atomic mass is 10.4. The summed E-state index contributed by atoms with van der Waals surface area (Å²) in [4.78, 5) is 8.14. The Morgan fingerprint density at radius 1 is 1.45 bits per heavy atom. The minimum Gasteiger partial charge on any atom is -0.335 e. The first-order valence-electron chi connectivity index (χ1n) is 3.20. The minimum atomic E-state index is 0.850. The van der Waals surface area contributed by atoms with E-state index in [9.17, 15) is 0 Å². The summed E-state index contributed by atoms with van der Waals surface area (Å²) in [7, 11) is 1.96. The molecule has 0 aliphatic rings. The lowest BCUT2D eigenvalue weighted by Crippen LogP contribution is -1.88. The Morgan fingerprint density at radius 2 is 2.27 bits per heavy atom. The monoisotopic (exact) mass is 211 g/mol. The molecule has 2 heterocycles. The molecular formula is C7H6BrN3. The van der Waals surface area contributed by atoms with Gasteiger partial charge in [0.05, 0.1) is 5.39 Å². The van der Waals surface area contributed by atoms with Gasteiger partial charge in [-0.05, 0) is 22.0 Å². The van der Waals surface area contributed by atoms with Crippen LogP contribution in [-0.2, 0) is 7.05 Å². The van der Waals surface area contributed by atoms with E-state index >= 15 is 0 Å².